The van der Waals surface area contributed by atoms with E-state index >= 15 is 0 Å². The van der Waals surface area contributed by atoms with Crippen molar-refractivity contribution in [3.63, 3.8) is 0 Å². The molecule has 15 heavy (non-hydrogen) atoms. The van der Waals surface area contributed by atoms with Crippen molar-refractivity contribution in [3.8, 4) is 0 Å². The Labute approximate surface area is 98.2 Å². The van der Waals surface area contributed by atoms with Crippen molar-refractivity contribution in [2.45, 2.75) is 65.5 Å². The third-order valence-corrected chi connectivity index (χ3v) is 4.96. The van der Waals surface area contributed by atoms with E-state index in [9.17, 15) is 0 Å². The van der Waals surface area contributed by atoms with Crippen LogP contribution in [0.4, 0.5) is 0 Å². The van der Waals surface area contributed by atoms with Crippen LogP contribution in [0, 0.1) is 0 Å². The summed E-state index contributed by atoms with van der Waals surface area (Å²) >= 11 is 0. The largest absolute Gasteiger partial charge is 0.265 e. The highest BCUT2D eigenvalue weighted by Crippen LogP contribution is 2.37. The van der Waals surface area contributed by atoms with Crippen molar-refractivity contribution < 1.29 is 0 Å². The first kappa shape index (κ1) is 15.3. The third kappa shape index (κ3) is 6.44. The smallest absolute Gasteiger partial charge is 0.0220 e. The second kappa shape index (κ2) is 5.07. The molecule has 0 radical (unpaired) electrons. The molecule has 3 heteroatoms. The molecule has 0 atom stereocenters. The van der Waals surface area contributed by atoms with Crippen LogP contribution >= 0.6 is 10.4 Å². The van der Waals surface area contributed by atoms with Crippen molar-refractivity contribution in [2.75, 3.05) is 12.5 Å². The average molecular weight is 234 g/mol. The quantitative estimate of drug-likeness (QED) is 0.736. The number of rotatable bonds is 6. The Morgan fingerprint density at radius 1 is 0.800 bits per heavy atom. The fourth-order valence-electron chi connectivity index (χ4n) is 1.55. The molecule has 0 aliphatic carbocycles. The van der Waals surface area contributed by atoms with Crippen LogP contribution in [0.2, 0.25) is 0 Å². The van der Waals surface area contributed by atoms with Gasteiger partial charge in [0.2, 0.25) is 0 Å². The van der Waals surface area contributed by atoms with E-state index in [0.717, 1.165) is 12.8 Å². The molecular formula is C12H30N2S. The van der Waals surface area contributed by atoms with Crippen LogP contribution in [-0.4, -0.2) is 23.6 Å². The van der Waals surface area contributed by atoms with Crippen LogP contribution in [0.1, 0.15) is 54.4 Å². The minimum absolute atomic E-state index is 0.218. The van der Waals surface area contributed by atoms with Crippen molar-refractivity contribution in [1.29, 1.82) is 0 Å². The number of hydrogen-bond donors (Lipinski definition) is 2. The normalized spacial score (nSPS) is 15.5. The molecule has 0 unspecified atom stereocenters. The summed E-state index contributed by atoms with van der Waals surface area (Å²) in [6, 6.07) is 0. The Balaban J connectivity index is 4.43. The minimum Gasteiger partial charge on any atom is -0.265 e. The van der Waals surface area contributed by atoms with Crippen LogP contribution < -0.4 is 9.44 Å². The van der Waals surface area contributed by atoms with Gasteiger partial charge in [0.1, 0.15) is 0 Å². The first-order valence-electron chi connectivity index (χ1n) is 5.85. The first-order valence-corrected chi connectivity index (χ1v) is 8.30. The second-order valence-corrected chi connectivity index (χ2v) is 9.07. The van der Waals surface area contributed by atoms with Gasteiger partial charge in [0.05, 0.1) is 0 Å². The van der Waals surface area contributed by atoms with Gasteiger partial charge in [-0.15, -0.1) is 10.4 Å². The Kier molecular flexibility index (Phi) is 5.16. The van der Waals surface area contributed by atoms with E-state index in [0.29, 0.717) is 0 Å². The summed E-state index contributed by atoms with van der Waals surface area (Å²) in [4.78, 5) is 0. The molecule has 0 aromatic carbocycles. The maximum absolute atomic E-state index is 3.74. The zero-order chi connectivity index (χ0) is 12.3. The Hall–Kier alpha value is 0.270. The lowest BCUT2D eigenvalue weighted by molar-refractivity contribution is 0.434. The third-order valence-electron chi connectivity index (χ3n) is 2.83. The average Bonchev–Trinajstić information content (AvgIpc) is 2.00. The molecule has 0 saturated heterocycles. The number of hydrogen-bond acceptors (Lipinski definition) is 2. The molecule has 0 aromatic rings. The van der Waals surface area contributed by atoms with Gasteiger partial charge in [0, 0.05) is 11.1 Å². The monoisotopic (exact) mass is 234 g/mol. The van der Waals surface area contributed by atoms with Gasteiger partial charge in [0.15, 0.2) is 0 Å². The van der Waals surface area contributed by atoms with Crippen molar-refractivity contribution in [3.05, 3.63) is 0 Å². The fourth-order valence-corrected chi connectivity index (χ4v) is 4.65. The first-order chi connectivity index (χ1) is 6.54. The molecule has 0 saturated carbocycles. The van der Waals surface area contributed by atoms with Crippen LogP contribution in [0.25, 0.3) is 0 Å². The summed E-state index contributed by atoms with van der Waals surface area (Å²) in [6.07, 6.45) is 6.89. The summed E-state index contributed by atoms with van der Waals surface area (Å²) in [6.45, 7) is 13.5. The van der Waals surface area contributed by atoms with Gasteiger partial charge in [-0.25, -0.2) is 0 Å². The van der Waals surface area contributed by atoms with Crippen LogP contribution in [0.15, 0.2) is 0 Å². The Bertz CT molecular complexity index is 178. The van der Waals surface area contributed by atoms with E-state index in [1.165, 1.54) is 0 Å². The molecule has 0 heterocycles. The summed E-state index contributed by atoms with van der Waals surface area (Å²) in [5.41, 5.74) is 0.436. The molecule has 2 nitrogen and oxygen atoms in total. The van der Waals surface area contributed by atoms with E-state index in [-0.39, 0.29) is 11.1 Å². The Morgan fingerprint density at radius 3 is 1.27 bits per heavy atom. The molecule has 0 aliphatic rings. The molecule has 0 bridgehead atoms. The van der Waals surface area contributed by atoms with Crippen LogP contribution in [0.3, 0.4) is 0 Å². The highest BCUT2D eigenvalue weighted by atomic mass is 32.3. The summed E-state index contributed by atoms with van der Waals surface area (Å²) < 4.78 is 7.49. The summed E-state index contributed by atoms with van der Waals surface area (Å²) in [5, 5.41) is 0. The molecule has 0 amide bonds. The van der Waals surface area contributed by atoms with Gasteiger partial charge >= 0.3 is 0 Å². The van der Waals surface area contributed by atoms with E-state index < -0.39 is 10.4 Å². The molecular weight excluding hydrogens is 204 g/mol. The van der Waals surface area contributed by atoms with Crippen molar-refractivity contribution in [2.24, 2.45) is 0 Å². The van der Waals surface area contributed by atoms with E-state index in [2.05, 4.69) is 63.5 Å². The zero-order valence-electron chi connectivity index (χ0n) is 11.8. The molecule has 0 fully saturated rings. The van der Waals surface area contributed by atoms with Gasteiger partial charge in [-0.2, -0.15) is 0 Å². The zero-order valence-corrected chi connectivity index (χ0v) is 12.6. The van der Waals surface area contributed by atoms with E-state index in [4.69, 9.17) is 0 Å². The summed E-state index contributed by atoms with van der Waals surface area (Å²) in [5.74, 6) is 0. The van der Waals surface area contributed by atoms with Crippen molar-refractivity contribution >= 4 is 10.4 Å². The van der Waals surface area contributed by atoms with Gasteiger partial charge in [0.25, 0.3) is 0 Å². The predicted molar refractivity (Wildman–Crippen MR) is 74.5 cm³/mol. The molecule has 2 N–H and O–H groups in total. The molecule has 0 spiro atoms. The number of nitrogens with one attached hydrogen (secondary N) is 2. The lowest BCUT2D eigenvalue weighted by atomic mass is 10.0. The van der Waals surface area contributed by atoms with Gasteiger partial charge in [-0.05, 0) is 53.0 Å². The molecule has 0 rings (SSSR count). The van der Waals surface area contributed by atoms with Gasteiger partial charge in [-0.3, -0.25) is 9.44 Å². The minimum atomic E-state index is -0.921. The maximum atomic E-state index is 3.74. The van der Waals surface area contributed by atoms with Gasteiger partial charge < -0.3 is 0 Å². The highest BCUT2D eigenvalue weighted by Gasteiger charge is 2.27. The molecule has 0 aliphatic heterocycles. The lowest BCUT2D eigenvalue weighted by Gasteiger charge is -2.46. The lowest BCUT2D eigenvalue weighted by Crippen LogP contribution is -2.50. The fraction of sp³-hybridized carbons (Fsp3) is 1.00. The van der Waals surface area contributed by atoms with E-state index in [1.807, 2.05) is 0 Å². The Morgan fingerprint density at radius 2 is 1.07 bits per heavy atom. The van der Waals surface area contributed by atoms with Crippen LogP contribution in [0.5, 0.6) is 0 Å². The van der Waals surface area contributed by atoms with Gasteiger partial charge in [-0.1, -0.05) is 13.8 Å². The standard InChI is InChI=1S/C12H30N2S/c1-9-11(3,4)13-15(7,8)14-12(5,6)10-2/h13-14H,9-10H2,1-8H3. The molecule has 0 aromatic heterocycles. The summed E-state index contributed by atoms with van der Waals surface area (Å²) in [7, 11) is -0.921. The van der Waals surface area contributed by atoms with Crippen LogP contribution in [-0.2, 0) is 0 Å². The SMILES string of the molecule is CCC(C)(C)NS(C)(C)NC(C)(C)CC. The topological polar surface area (TPSA) is 24.1 Å². The maximum Gasteiger partial charge on any atom is 0.0220 e. The van der Waals surface area contributed by atoms with Crippen molar-refractivity contribution in [1.82, 2.24) is 9.44 Å². The molecule has 94 valence electrons. The second-order valence-electron chi connectivity index (χ2n) is 6.01. The van der Waals surface area contributed by atoms with E-state index in [1.54, 1.807) is 0 Å². The highest BCUT2D eigenvalue weighted by molar-refractivity contribution is 8.29. The predicted octanol–water partition coefficient (Wildman–Crippen LogP) is 3.44.